The summed E-state index contributed by atoms with van der Waals surface area (Å²) in [6, 6.07) is 10.7. The van der Waals surface area contributed by atoms with Crippen molar-refractivity contribution >= 4 is 29.0 Å². The summed E-state index contributed by atoms with van der Waals surface area (Å²) in [5.74, 6) is 1.10. The van der Waals surface area contributed by atoms with E-state index in [0.717, 1.165) is 41.8 Å². The summed E-state index contributed by atoms with van der Waals surface area (Å²) in [7, 11) is 0. The van der Waals surface area contributed by atoms with Gasteiger partial charge in [-0.2, -0.15) is 0 Å². The van der Waals surface area contributed by atoms with Crippen molar-refractivity contribution in [3.63, 3.8) is 0 Å². The molecule has 1 aliphatic rings. The number of thioether (sulfide) groups is 1. The topological polar surface area (TPSA) is 45.2 Å². The minimum absolute atomic E-state index is 0.0832. The van der Waals surface area contributed by atoms with Gasteiger partial charge in [0.2, 0.25) is 5.91 Å². The Morgan fingerprint density at radius 1 is 1.42 bits per heavy atom. The first-order chi connectivity index (χ1) is 11.7. The molecule has 4 nitrogen and oxygen atoms in total. The summed E-state index contributed by atoms with van der Waals surface area (Å²) >= 11 is 3.35. The molecular weight excluding hydrogens is 338 g/mol. The monoisotopic (exact) mass is 361 g/mol. The van der Waals surface area contributed by atoms with Crippen LogP contribution in [-0.4, -0.2) is 40.7 Å². The van der Waals surface area contributed by atoms with Crippen LogP contribution in [0.1, 0.15) is 24.6 Å². The van der Waals surface area contributed by atoms with Gasteiger partial charge in [0, 0.05) is 31.1 Å². The second-order valence-electron chi connectivity index (χ2n) is 5.99. The van der Waals surface area contributed by atoms with Crippen LogP contribution in [0.3, 0.4) is 0 Å². The second kappa shape index (κ2) is 8.65. The molecule has 3 rings (SSSR count). The number of likely N-dealkylation sites (tertiary alicyclic amines) is 1. The van der Waals surface area contributed by atoms with E-state index in [0.29, 0.717) is 6.42 Å². The molecule has 1 amide bonds. The highest BCUT2D eigenvalue weighted by Gasteiger charge is 2.24. The van der Waals surface area contributed by atoms with E-state index in [4.69, 9.17) is 0 Å². The molecule has 1 aromatic carbocycles. The molecule has 1 atom stereocenters. The molecule has 6 heteroatoms. The van der Waals surface area contributed by atoms with Gasteiger partial charge in [-0.3, -0.25) is 9.69 Å². The van der Waals surface area contributed by atoms with Crippen molar-refractivity contribution in [2.45, 2.75) is 36.7 Å². The van der Waals surface area contributed by atoms with E-state index < -0.39 is 0 Å². The van der Waals surface area contributed by atoms with Gasteiger partial charge in [-0.25, -0.2) is 4.98 Å². The quantitative estimate of drug-likeness (QED) is 0.770. The minimum atomic E-state index is 0.0832. The van der Waals surface area contributed by atoms with E-state index in [-0.39, 0.29) is 11.9 Å². The van der Waals surface area contributed by atoms with E-state index >= 15 is 0 Å². The molecule has 0 saturated carbocycles. The van der Waals surface area contributed by atoms with Crippen LogP contribution in [0.15, 0.2) is 40.1 Å². The van der Waals surface area contributed by atoms with Crippen molar-refractivity contribution in [1.29, 1.82) is 0 Å². The van der Waals surface area contributed by atoms with Gasteiger partial charge in [0.15, 0.2) is 0 Å². The fraction of sp³-hybridized carbons (Fsp3) is 0.444. The van der Waals surface area contributed by atoms with Gasteiger partial charge in [0.25, 0.3) is 0 Å². The molecule has 0 spiro atoms. The van der Waals surface area contributed by atoms with E-state index in [1.165, 1.54) is 5.56 Å². The lowest BCUT2D eigenvalue weighted by molar-refractivity contribution is -0.121. The molecule has 0 radical (unpaired) electrons. The summed E-state index contributed by atoms with van der Waals surface area (Å²) in [5.41, 5.74) is 2.21. The summed E-state index contributed by atoms with van der Waals surface area (Å²) in [5, 5.41) is 5.16. The van der Waals surface area contributed by atoms with Crippen LogP contribution in [0.25, 0.3) is 0 Å². The van der Waals surface area contributed by atoms with Gasteiger partial charge in [-0.15, -0.1) is 11.3 Å². The highest BCUT2D eigenvalue weighted by atomic mass is 32.2. The van der Waals surface area contributed by atoms with Crippen LogP contribution in [0.4, 0.5) is 0 Å². The second-order valence-corrected chi connectivity index (χ2v) is 8.36. The molecule has 128 valence electrons. The Kier molecular flexibility index (Phi) is 6.29. The average Bonchev–Trinajstić information content (AvgIpc) is 3.18. The zero-order valence-corrected chi connectivity index (χ0v) is 15.5. The van der Waals surface area contributed by atoms with Crippen molar-refractivity contribution in [1.82, 2.24) is 15.2 Å². The number of aromatic nitrogens is 1. The third-order valence-corrected chi connectivity index (χ3v) is 5.98. The number of hydrogen-bond acceptors (Lipinski definition) is 5. The number of benzene rings is 1. The Morgan fingerprint density at radius 3 is 3.04 bits per heavy atom. The number of rotatable bonds is 7. The molecule has 0 aliphatic carbocycles. The lowest BCUT2D eigenvalue weighted by Crippen LogP contribution is -2.37. The lowest BCUT2D eigenvalue weighted by Gasteiger charge is -2.16. The molecule has 0 unspecified atom stereocenters. The minimum Gasteiger partial charge on any atom is -0.352 e. The number of amides is 1. The van der Waals surface area contributed by atoms with Crippen molar-refractivity contribution < 1.29 is 4.79 Å². The number of thiazole rings is 1. The number of carbonyl (C=O) groups excluding carboxylic acids is 1. The van der Waals surface area contributed by atoms with Gasteiger partial charge >= 0.3 is 0 Å². The Balaban J connectivity index is 1.43. The number of carbonyl (C=O) groups is 1. The van der Waals surface area contributed by atoms with Gasteiger partial charge in [0.1, 0.15) is 4.34 Å². The zero-order valence-electron chi connectivity index (χ0n) is 13.9. The van der Waals surface area contributed by atoms with Gasteiger partial charge in [-0.1, -0.05) is 49.0 Å². The van der Waals surface area contributed by atoms with Crippen LogP contribution in [0.5, 0.6) is 0 Å². The van der Waals surface area contributed by atoms with Crippen molar-refractivity contribution in [2.75, 3.05) is 18.8 Å². The van der Waals surface area contributed by atoms with E-state index in [2.05, 4.69) is 46.4 Å². The lowest BCUT2D eigenvalue weighted by atomic mass is 10.2. The maximum absolute atomic E-state index is 12.2. The predicted octanol–water partition coefficient (Wildman–Crippen LogP) is 3.19. The Morgan fingerprint density at radius 2 is 2.25 bits per heavy atom. The zero-order chi connectivity index (χ0) is 16.8. The molecule has 1 saturated heterocycles. The fourth-order valence-corrected chi connectivity index (χ4v) is 4.68. The van der Waals surface area contributed by atoms with Crippen LogP contribution in [0.2, 0.25) is 0 Å². The third kappa shape index (κ3) is 5.06. The van der Waals surface area contributed by atoms with E-state index in [9.17, 15) is 4.79 Å². The summed E-state index contributed by atoms with van der Waals surface area (Å²) < 4.78 is 1.05. The van der Waals surface area contributed by atoms with Gasteiger partial charge in [0.05, 0.1) is 12.1 Å². The van der Waals surface area contributed by atoms with Crippen LogP contribution in [0, 0.1) is 0 Å². The first-order valence-corrected chi connectivity index (χ1v) is 10.2. The molecule has 0 bridgehead atoms. The highest BCUT2D eigenvalue weighted by molar-refractivity contribution is 8.00. The smallest absolute Gasteiger partial charge is 0.226 e. The molecule has 1 aliphatic heterocycles. The standard InChI is InChI=1S/C18H23N3OS2/c1-2-23-18-20-16(13-24-18)10-17(22)19-15-8-9-21(12-15)11-14-6-4-3-5-7-14/h3-7,13,15H,2,8-12H2,1H3,(H,19,22)/t15-/m0/s1. The molecule has 1 N–H and O–H groups in total. The molecule has 24 heavy (non-hydrogen) atoms. The molecule has 2 aromatic rings. The molecule has 1 aromatic heterocycles. The Hall–Kier alpha value is -1.37. The predicted molar refractivity (Wildman–Crippen MR) is 100 cm³/mol. The highest BCUT2D eigenvalue weighted by Crippen LogP contribution is 2.22. The number of nitrogens with one attached hydrogen (secondary N) is 1. The van der Waals surface area contributed by atoms with Crippen molar-refractivity contribution in [2.24, 2.45) is 0 Å². The van der Waals surface area contributed by atoms with E-state index in [1.54, 1.807) is 23.1 Å². The average molecular weight is 362 g/mol. The molecular formula is C18H23N3OS2. The maximum Gasteiger partial charge on any atom is 0.226 e. The molecule has 2 heterocycles. The summed E-state index contributed by atoms with van der Waals surface area (Å²) in [4.78, 5) is 19.1. The molecule has 1 fully saturated rings. The van der Waals surface area contributed by atoms with E-state index in [1.807, 2.05) is 11.4 Å². The number of nitrogens with zero attached hydrogens (tertiary/aromatic N) is 2. The van der Waals surface area contributed by atoms with Crippen LogP contribution < -0.4 is 5.32 Å². The first kappa shape index (κ1) is 17.5. The van der Waals surface area contributed by atoms with Crippen LogP contribution >= 0.6 is 23.1 Å². The largest absolute Gasteiger partial charge is 0.352 e. The van der Waals surface area contributed by atoms with Crippen LogP contribution in [-0.2, 0) is 17.8 Å². The Bertz CT molecular complexity index is 659. The summed E-state index contributed by atoms with van der Waals surface area (Å²) in [6.07, 6.45) is 1.41. The van der Waals surface area contributed by atoms with Gasteiger partial charge in [-0.05, 0) is 17.7 Å². The fourth-order valence-electron chi connectivity index (χ4n) is 2.94. The first-order valence-electron chi connectivity index (χ1n) is 8.35. The number of hydrogen-bond donors (Lipinski definition) is 1. The SMILES string of the molecule is CCSc1nc(CC(=O)N[C@H]2CCN(Cc3ccccc3)C2)cs1. The van der Waals surface area contributed by atoms with Crippen molar-refractivity contribution in [3.8, 4) is 0 Å². The summed E-state index contributed by atoms with van der Waals surface area (Å²) in [6.45, 7) is 5.03. The third-order valence-electron chi connectivity index (χ3n) is 4.03. The van der Waals surface area contributed by atoms with Crippen molar-refractivity contribution in [3.05, 3.63) is 47.0 Å². The normalized spacial score (nSPS) is 18.0. The van der Waals surface area contributed by atoms with Gasteiger partial charge < -0.3 is 5.32 Å². The Labute approximate surface area is 151 Å². The maximum atomic E-state index is 12.2.